The first kappa shape index (κ1) is 12.1. The van der Waals surface area contributed by atoms with Crippen molar-refractivity contribution in [1.82, 2.24) is 0 Å². The maximum Gasteiger partial charge on any atom is 0.164 e. The number of hydrogen-bond acceptors (Lipinski definition) is 2. The second kappa shape index (κ2) is 5.79. The van der Waals surface area contributed by atoms with E-state index in [9.17, 15) is 4.79 Å². The van der Waals surface area contributed by atoms with E-state index in [1.54, 1.807) is 6.07 Å². The maximum atomic E-state index is 11.6. The summed E-state index contributed by atoms with van der Waals surface area (Å²) < 4.78 is 0. The van der Waals surface area contributed by atoms with Crippen LogP contribution in [0, 0.1) is 0 Å². The molecule has 1 nitrogen and oxygen atoms in total. The lowest BCUT2D eigenvalue weighted by Gasteiger charge is -2.05. The first-order valence-electron chi connectivity index (χ1n) is 4.16. The van der Waals surface area contributed by atoms with Gasteiger partial charge in [-0.1, -0.05) is 22.0 Å². The molecule has 0 N–H and O–H groups in total. The van der Waals surface area contributed by atoms with Crippen LogP contribution in [0.4, 0.5) is 0 Å². The summed E-state index contributed by atoms with van der Waals surface area (Å²) in [5.74, 6) is 0.433. The van der Waals surface area contributed by atoms with Crippen molar-refractivity contribution in [2.45, 2.75) is 16.6 Å². The number of Topliss-reactive ketones (excluding diaryl/α,β-unsaturated/α-hetero) is 1. The lowest BCUT2D eigenvalue weighted by Crippen LogP contribution is -2.03. The number of hydrogen-bond donors (Lipinski definition) is 1. The molecule has 0 atom stereocenters. The fourth-order valence-electron chi connectivity index (χ4n) is 1.16. The van der Waals surface area contributed by atoms with Crippen molar-refractivity contribution in [3.05, 3.63) is 29.3 Å². The third kappa shape index (κ3) is 3.01. The van der Waals surface area contributed by atoms with Crippen LogP contribution >= 0.6 is 40.2 Å². The number of thiol groups is 1. The van der Waals surface area contributed by atoms with Gasteiger partial charge in [0.05, 0.1) is 0 Å². The number of benzene rings is 1. The normalized spacial score (nSPS) is 10.2. The second-order valence-corrected chi connectivity index (χ2v) is 4.29. The van der Waals surface area contributed by atoms with Crippen LogP contribution in [0.5, 0.6) is 0 Å². The zero-order valence-corrected chi connectivity index (χ0v) is 10.7. The molecule has 0 saturated carbocycles. The van der Waals surface area contributed by atoms with E-state index in [1.807, 2.05) is 12.1 Å². The molecular weight excluding hydrogens is 284 g/mol. The molecule has 1 rings (SSSR count). The molecule has 0 heterocycles. The van der Waals surface area contributed by atoms with E-state index in [1.165, 1.54) is 0 Å². The Labute approximate surface area is 102 Å². The smallest absolute Gasteiger partial charge is 0.164 e. The van der Waals surface area contributed by atoms with Crippen molar-refractivity contribution in [1.29, 1.82) is 0 Å². The van der Waals surface area contributed by atoms with Crippen LogP contribution in [0.25, 0.3) is 0 Å². The number of halogens is 2. The molecule has 0 saturated heterocycles. The summed E-state index contributed by atoms with van der Waals surface area (Å²) in [6.07, 6.45) is 0.374. The van der Waals surface area contributed by atoms with Crippen LogP contribution < -0.4 is 0 Å². The SMILES string of the molecule is O=C(CCCl)c1cc(S)ccc1CBr. The minimum absolute atomic E-state index is 0.0744. The van der Waals surface area contributed by atoms with Gasteiger partial charge in [0.1, 0.15) is 0 Å². The Morgan fingerprint density at radius 3 is 2.79 bits per heavy atom. The molecule has 0 aromatic heterocycles. The largest absolute Gasteiger partial charge is 0.294 e. The van der Waals surface area contributed by atoms with Gasteiger partial charge in [-0.3, -0.25) is 4.79 Å². The van der Waals surface area contributed by atoms with Gasteiger partial charge in [0, 0.05) is 28.1 Å². The number of carbonyl (C=O) groups is 1. The highest BCUT2D eigenvalue weighted by Gasteiger charge is 2.10. The molecular formula is C10H10BrClOS. The summed E-state index contributed by atoms with van der Waals surface area (Å²) >= 11 is 13.1. The average Bonchev–Trinajstić information content (AvgIpc) is 2.18. The Kier molecular flexibility index (Phi) is 4.99. The molecule has 0 unspecified atom stereocenters. The Hall–Kier alpha value is 0.01000. The Balaban J connectivity index is 3.03. The predicted molar refractivity (Wildman–Crippen MR) is 66.0 cm³/mol. The molecule has 0 amide bonds. The fourth-order valence-corrected chi connectivity index (χ4v) is 2.03. The van der Waals surface area contributed by atoms with Crippen LogP contribution in [0.3, 0.4) is 0 Å². The highest BCUT2D eigenvalue weighted by atomic mass is 79.9. The predicted octanol–water partition coefficient (Wildman–Crippen LogP) is 3.68. The average molecular weight is 294 g/mol. The van der Waals surface area contributed by atoms with Crippen LogP contribution in [-0.4, -0.2) is 11.7 Å². The summed E-state index contributed by atoms with van der Waals surface area (Å²) in [6, 6.07) is 5.56. The van der Waals surface area contributed by atoms with Crippen molar-refractivity contribution in [3.8, 4) is 0 Å². The van der Waals surface area contributed by atoms with E-state index in [2.05, 4.69) is 28.6 Å². The minimum atomic E-state index is 0.0744. The van der Waals surface area contributed by atoms with Gasteiger partial charge in [0.25, 0.3) is 0 Å². The van der Waals surface area contributed by atoms with Gasteiger partial charge in [-0.05, 0) is 17.7 Å². The molecule has 0 spiro atoms. The zero-order valence-electron chi connectivity index (χ0n) is 7.46. The maximum absolute atomic E-state index is 11.6. The standard InChI is InChI=1S/C10H10BrClOS/c11-6-7-1-2-8(14)5-9(7)10(13)3-4-12/h1-2,5,14H,3-4,6H2. The van der Waals surface area contributed by atoms with Crippen molar-refractivity contribution < 1.29 is 4.79 Å². The van der Waals surface area contributed by atoms with Crippen LogP contribution in [-0.2, 0) is 5.33 Å². The molecule has 0 aliphatic rings. The molecule has 4 heteroatoms. The number of alkyl halides is 2. The first-order chi connectivity index (χ1) is 6.69. The van der Waals surface area contributed by atoms with E-state index < -0.39 is 0 Å². The van der Waals surface area contributed by atoms with E-state index in [4.69, 9.17) is 11.6 Å². The van der Waals surface area contributed by atoms with Gasteiger partial charge in [-0.2, -0.15) is 0 Å². The van der Waals surface area contributed by atoms with Crippen molar-refractivity contribution in [2.75, 3.05) is 5.88 Å². The number of ketones is 1. The minimum Gasteiger partial charge on any atom is -0.294 e. The van der Waals surface area contributed by atoms with Crippen molar-refractivity contribution in [2.24, 2.45) is 0 Å². The third-order valence-corrected chi connectivity index (χ3v) is 2.93. The Morgan fingerprint density at radius 1 is 1.50 bits per heavy atom. The Bertz CT molecular complexity index is 341. The quantitative estimate of drug-likeness (QED) is 0.509. The molecule has 0 radical (unpaired) electrons. The highest BCUT2D eigenvalue weighted by molar-refractivity contribution is 9.08. The fraction of sp³-hybridized carbons (Fsp3) is 0.300. The van der Waals surface area contributed by atoms with Gasteiger partial charge >= 0.3 is 0 Å². The van der Waals surface area contributed by atoms with Gasteiger partial charge in [0.2, 0.25) is 0 Å². The van der Waals surface area contributed by atoms with Gasteiger partial charge in [-0.25, -0.2) is 0 Å². The first-order valence-corrected chi connectivity index (χ1v) is 6.26. The summed E-state index contributed by atoms with van der Waals surface area (Å²) in [5.41, 5.74) is 1.70. The van der Waals surface area contributed by atoms with Crippen LogP contribution in [0.2, 0.25) is 0 Å². The second-order valence-electron chi connectivity index (χ2n) is 2.84. The zero-order chi connectivity index (χ0) is 10.6. The van der Waals surface area contributed by atoms with E-state index in [0.29, 0.717) is 17.6 Å². The molecule has 0 bridgehead atoms. The van der Waals surface area contributed by atoms with E-state index in [0.717, 1.165) is 16.0 Å². The van der Waals surface area contributed by atoms with E-state index in [-0.39, 0.29) is 5.78 Å². The number of carbonyl (C=O) groups excluding carboxylic acids is 1. The third-order valence-electron chi connectivity index (χ3n) is 1.86. The van der Waals surface area contributed by atoms with Crippen LogP contribution in [0.15, 0.2) is 23.1 Å². The molecule has 0 aliphatic carbocycles. The van der Waals surface area contributed by atoms with Crippen LogP contribution in [0.1, 0.15) is 22.3 Å². The summed E-state index contributed by atoms with van der Waals surface area (Å²) in [5, 5.41) is 0.671. The van der Waals surface area contributed by atoms with Crippen molar-refractivity contribution in [3.63, 3.8) is 0 Å². The molecule has 14 heavy (non-hydrogen) atoms. The molecule has 1 aromatic carbocycles. The lowest BCUT2D eigenvalue weighted by molar-refractivity contribution is 0.0988. The molecule has 0 aliphatic heterocycles. The summed E-state index contributed by atoms with van der Waals surface area (Å²) in [7, 11) is 0. The highest BCUT2D eigenvalue weighted by Crippen LogP contribution is 2.19. The Morgan fingerprint density at radius 2 is 2.21 bits per heavy atom. The van der Waals surface area contributed by atoms with Gasteiger partial charge in [-0.15, -0.1) is 24.2 Å². The lowest BCUT2D eigenvalue weighted by atomic mass is 10.0. The topological polar surface area (TPSA) is 17.1 Å². The van der Waals surface area contributed by atoms with Gasteiger partial charge in [0.15, 0.2) is 5.78 Å². The molecule has 76 valence electrons. The molecule has 0 fully saturated rings. The summed E-state index contributed by atoms with van der Waals surface area (Å²) in [4.78, 5) is 12.4. The van der Waals surface area contributed by atoms with E-state index >= 15 is 0 Å². The van der Waals surface area contributed by atoms with Crippen molar-refractivity contribution >= 4 is 45.9 Å². The summed E-state index contributed by atoms with van der Waals surface area (Å²) in [6.45, 7) is 0. The number of rotatable bonds is 4. The monoisotopic (exact) mass is 292 g/mol. The van der Waals surface area contributed by atoms with Gasteiger partial charge < -0.3 is 0 Å². The molecule has 1 aromatic rings.